The summed E-state index contributed by atoms with van der Waals surface area (Å²) in [7, 11) is 2.13. The maximum atomic E-state index is 12.3. The molecule has 0 aliphatic heterocycles. The smallest absolute Gasteiger partial charge is 0.272 e. The second-order valence-corrected chi connectivity index (χ2v) is 7.44. The van der Waals surface area contributed by atoms with E-state index in [1.165, 1.54) is 32.1 Å². The largest absolute Gasteiger partial charge is 0.376 e. The van der Waals surface area contributed by atoms with E-state index in [0.717, 1.165) is 22.4 Å². The zero-order valence-electron chi connectivity index (χ0n) is 14.8. The molecule has 0 spiro atoms. The van der Waals surface area contributed by atoms with Gasteiger partial charge in [0, 0.05) is 19.3 Å². The van der Waals surface area contributed by atoms with Crippen molar-refractivity contribution in [3.8, 4) is 0 Å². The van der Waals surface area contributed by atoms with E-state index >= 15 is 0 Å². The Morgan fingerprint density at radius 3 is 2.81 bits per heavy atom. The summed E-state index contributed by atoms with van der Waals surface area (Å²) >= 11 is 5.06. The Bertz CT molecular complexity index is 1030. The van der Waals surface area contributed by atoms with Crippen molar-refractivity contribution in [1.29, 1.82) is 0 Å². The molecule has 0 atom stereocenters. The average Bonchev–Trinajstić information content (AvgIpc) is 3.12. The van der Waals surface area contributed by atoms with Gasteiger partial charge < -0.3 is 25.3 Å². The van der Waals surface area contributed by atoms with Crippen molar-refractivity contribution >= 4 is 45.3 Å². The van der Waals surface area contributed by atoms with E-state index in [4.69, 9.17) is 18.0 Å². The number of rotatable bonds is 3. The van der Waals surface area contributed by atoms with Crippen molar-refractivity contribution in [3.05, 3.63) is 40.8 Å². The third-order valence-corrected chi connectivity index (χ3v) is 5.47. The standard InChI is InChI=1S/C19H23N5OS/c1-23(12-6-3-2-4-7-12)16-11-17-14(10-13(16)22-19(20)26)21-18(25)15-8-5-9-24(15)17/h5,8-12H,2-4,6-7H2,1H3,(H,21,25)(H3,20,22,26). The Morgan fingerprint density at radius 1 is 1.31 bits per heavy atom. The number of aromatic amines is 1. The van der Waals surface area contributed by atoms with Crippen LogP contribution in [0, 0.1) is 0 Å². The zero-order valence-corrected chi connectivity index (χ0v) is 15.6. The molecule has 4 N–H and O–H groups in total. The van der Waals surface area contributed by atoms with Gasteiger partial charge in [-0.2, -0.15) is 0 Å². The number of hydrogen-bond donors (Lipinski definition) is 3. The molecule has 7 heteroatoms. The van der Waals surface area contributed by atoms with Crippen LogP contribution in [0.1, 0.15) is 32.1 Å². The van der Waals surface area contributed by atoms with E-state index in [2.05, 4.69) is 28.3 Å². The number of benzene rings is 1. The Kier molecular flexibility index (Phi) is 4.32. The second kappa shape index (κ2) is 6.64. The topological polar surface area (TPSA) is 78.6 Å². The molecule has 2 aromatic heterocycles. The van der Waals surface area contributed by atoms with Crippen LogP contribution in [0.2, 0.25) is 0 Å². The quantitative estimate of drug-likeness (QED) is 0.618. The minimum Gasteiger partial charge on any atom is -0.376 e. The van der Waals surface area contributed by atoms with Gasteiger partial charge in [-0.1, -0.05) is 19.3 Å². The first-order chi connectivity index (χ1) is 12.5. The van der Waals surface area contributed by atoms with Crippen LogP contribution in [0.3, 0.4) is 0 Å². The molecule has 3 aromatic rings. The molecule has 0 saturated heterocycles. The minimum atomic E-state index is -0.114. The van der Waals surface area contributed by atoms with Crippen LogP contribution in [0.25, 0.3) is 16.6 Å². The van der Waals surface area contributed by atoms with Gasteiger partial charge in [0.05, 0.1) is 22.4 Å². The lowest BCUT2D eigenvalue weighted by Gasteiger charge is -2.34. The lowest BCUT2D eigenvalue weighted by Crippen LogP contribution is -2.34. The van der Waals surface area contributed by atoms with E-state index in [1.54, 1.807) is 0 Å². The summed E-state index contributed by atoms with van der Waals surface area (Å²) in [6.07, 6.45) is 8.12. The van der Waals surface area contributed by atoms with Crippen LogP contribution in [-0.4, -0.2) is 27.6 Å². The van der Waals surface area contributed by atoms with Gasteiger partial charge >= 0.3 is 0 Å². The van der Waals surface area contributed by atoms with E-state index in [1.807, 2.05) is 28.8 Å². The molecular weight excluding hydrogens is 346 g/mol. The summed E-state index contributed by atoms with van der Waals surface area (Å²) in [6, 6.07) is 8.23. The predicted octanol–water partition coefficient (Wildman–Crippen LogP) is 3.21. The van der Waals surface area contributed by atoms with Crippen LogP contribution < -0.4 is 21.5 Å². The molecule has 1 aromatic carbocycles. The van der Waals surface area contributed by atoms with Crippen molar-refractivity contribution in [2.24, 2.45) is 5.73 Å². The minimum absolute atomic E-state index is 0.114. The van der Waals surface area contributed by atoms with Gasteiger partial charge in [0.25, 0.3) is 5.56 Å². The third kappa shape index (κ3) is 2.92. The summed E-state index contributed by atoms with van der Waals surface area (Å²) in [6.45, 7) is 0. The molecule has 1 fully saturated rings. The number of aromatic nitrogens is 2. The Balaban J connectivity index is 1.91. The summed E-state index contributed by atoms with van der Waals surface area (Å²) in [5, 5.41) is 3.30. The maximum Gasteiger partial charge on any atom is 0.272 e. The predicted molar refractivity (Wildman–Crippen MR) is 111 cm³/mol. The highest BCUT2D eigenvalue weighted by atomic mass is 32.1. The third-order valence-electron chi connectivity index (χ3n) is 5.36. The normalized spacial score (nSPS) is 15.4. The highest BCUT2D eigenvalue weighted by molar-refractivity contribution is 7.80. The van der Waals surface area contributed by atoms with E-state index in [0.29, 0.717) is 11.6 Å². The van der Waals surface area contributed by atoms with Crippen LogP contribution in [0.4, 0.5) is 11.4 Å². The van der Waals surface area contributed by atoms with Crippen LogP contribution in [-0.2, 0) is 0 Å². The van der Waals surface area contributed by atoms with E-state index in [9.17, 15) is 4.79 Å². The molecule has 1 saturated carbocycles. The molecule has 1 aliphatic rings. The van der Waals surface area contributed by atoms with Gasteiger partial charge in [-0.25, -0.2) is 0 Å². The van der Waals surface area contributed by atoms with E-state index < -0.39 is 0 Å². The Labute approximate surface area is 157 Å². The van der Waals surface area contributed by atoms with Gasteiger partial charge in [-0.05, 0) is 49.3 Å². The van der Waals surface area contributed by atoms with Crippen LogP contribution in [0.15, 0.2) is 35.3 Å². The second-order valence-electron chi connectivity index (χ2n) is 7.00. The molecule has 4 rings (SSSR count). The number of H-pyrrole nitrogens is 1. The van der Waals surface area contributed by atoms with Crippen LogP contribution >= 0.6 is 12.2 Å². The monoisotopic (exact) mass is 369 g/mol. The first-order valence-corrected chi connectivity index (χ1v) is 9.42. The van der Waals surface area contributed by atoms with Gasteiger partial charge in [-0.3, -0.25) is 4.79 Å². The molecule has 0 unspecified atom stereocenters. The van der Waals surface area contributed by atoms with Crippen molar-refractivity contribution in [2.45, 2.75) is 38.1 Å². The van der Waals surface area contributed by atoms with Crippen molar-refractivity contribution in [1.82, 2.24) is 9.38 Å². The number of anilines is 2. The number of nitrogens with two attached hydrogens (primary N) is 1. The van der Waals surface area contributed by atoms with Crippen molar-refractivity contribution in [2.75, 3.05) is 17.3 Å². The molecule has 2 heterocycles. The first-order valence-electron chi connectivity index (χ1n) is 9.01. The molecule has 6 nitrogen and oxygen atoms in total. The summed E-state index contributed by atoms with van der Waals surface area (Å²) in [5.74, 6) is 0. The lowest BCUT2D eigenvalue weighted by atomic mass is 9.94. The summed E-state index contributed by atoms with van der Waals surface area (Å²) < 4.78 is 1.93. The Hall–Kier alpha value is -2.54. The van der Waals surface area contributed by atoms with Crippen LogP contribution in [0.5, 0.6) is 0 Å². The number of hydrogen-bond acceptors (Lipinski definition) is 3. The van der Waals surface area contributed by atoms with Gasteiger partial charge in [0.2, 0.25) is 0 Å². The van der Waals surface area contributed by atoms with Gasteiger partial charge in [0.15, 0.2) is 5.11 Å². The molecule has 26 heavy (non-hydrogen) atoms. The molecule has 1 aliphatic carbocycles. The summed E-state index contributed by atoms with van der Waals surface area (Å²) in [4.78, 5) is 17.6. The van der Waals surface area contributed by atoms with Crippen molar-refractivity contribution in [3.63, 3.8) is 0 Å². The zero-order chi connectivity index (χ0) is 18.3. The number of fused-ring (bicyclic) bond motifs is 3. The summed E-state index contributed by atoms with van der Waals surface area (Å²) in [5.41, 5.74) is 9.83. The molecule has 0 bridgehead atoms. The first kappa shape index (κ1) is 16.9. The Morgan fingerprint density at radius 2 is 2.08 bits per heavy atom. The van der Waals surface area contributed by atoms with E-state index in [-0.39, 0.29) is 10.7 Å². The fourth-order valence-electron chi connectivity index (χ4n) is 4.03. The van der Waals surface area contributed by atoms with Gasteiger partial charge in [-0.15, -0.1) is 0 Å². The highest BCUT2D eigenvalue weighted by Gasteiger charge is 2.21. The molecule has 136 valence electrons. The SMILES string of the molecule is CN(c1cc2c(cc1NC(N)=S)[nH]c(=O)c1cccn12)C1CCCCC1. The molecule has 0 amide bonds. The highest BCUT2D eigenvalue weighted by Crippen LogP contribution is 2.34. The molecular formula is C19H23N5OS. The maximum absolute atomic E-state index is 12.3. The van der Waals surface area contributed by atoms with Crippen molar-refractivity contribution < 1.29 is 0 Å². The fourth-order valence-corrected chi connectivity index (χ4v) is 4.14. The lowest BCUT2D eigenvalue weighted by molar-refractivity contribution is 0.428. The number of nitrogens with zero attached hydrogens (tertiary/aromatic N) is 2. The van der Waals surface area contributed by atoms with Gasteiger partial charge in [0.1, 0.15) is 5.52 Å². The number of thiocarbonyl (C=S) groups is 1. The average molecular weight is 369 g/mol. The number of nitrogens with one attached hydrogen (secondary N) is 2. The molecule has 0 radical (unpaired) electrons. The fraction of sp³-hybridized carbons (Fsp3) is 0.368.